The highest BCUT2D eigenvalue weighted by Crippen LogP contribution is 2.32. The zero-order valence-electron chi connectivity index (χ0n) is 12.9. The van der Waals surface area contributed by atoms with E-state index < -0.39 is 0 Å². The van der Waals surface area contributed by atoms with Crippen LogP contribution in [-0.4, -0.2) is 61.3 Å². The summed E-state index contributed by atoms with van der Waals surface area (Å²) in [6.07, 6.45) is 1.14. The van der Waals surface area contributed by atoms with E-state index in [-0.39, 0.29) is 0 Å². The van der Waals surface area contributed by atoms with Crippen molar-refractivity contribution in [1.82, 2.24) is 14.9 Å². The van der Waals surface area contributed by atoms with Gasteiger partial charge in [-0.05, 0) is 30.8 Å². The van der Waals surface area contributed by atoms with Crippen LogP contribution in [0, 0.1) is 4.77 Å². The third kappa shape index (κ3) is 3.15. The molecule has 22 heavy (non-hydrogen) atoms. The number of nitrogens with zero attached hydrogens (tertiary/aromatic N) is 2. The van der Waals surface area contributed by atoms with E-state index in [9.17, 15) is 0 Å². The highest BCUT2D eigenvalue weighted by atomic mass is 35.5. The normalized spacial score (nSPS) is 19.1. The quantitative estimate of drug-likeness (QED) is 0.821. The number of aromatic amines is 2. The van der Waals surface area contributed by atoms with Gasteiger partial charge in [-0.25, -0.2) is 0 Å². The van der Waals surface area contributed by atoms with Gasteiger partial charge in [0.15, 0.2) is 4.77 Å². The van der Waals surface area contributed by atoms with Crippen molar-refractivity contribution in [3.63, 3.8) is 0 Å². The van der Waals surface area contributed by atoms with Crippen LogP contribution in [-0.2, 0) is 4.74 Å². The molecule has 1 aromatic carbocycles. The maximum absolute atomic E-state index is 6.46. The van der Waals surface area contributed by atoms with Crippen LogP contribution in [0.2, 0.25) is 5.02 Å². The number of rotatable bonds is 5. The Balaban J connectivity index is 1.78. The molecule has 0 aliphatic carbocycles. The van der Waals surface area contributed by atoms with E-state index in [1.54, 1.807) is 7.11 Å². The molecule has 1 fully saturated rings. The summed E-state index contributed by atoms with van der Waals surface area (Å²) in [7, 11) is 3.86. The SMILES string of the molecule is COCCN1CCC(N(C)c2cc3[nH]c(=S)[nH]c3cc2Cl)C1. The van der Waals surface area contributed by atoms with E-state index in [1.165, 1.54) is 0 Å². The van der Waals surface area contributed by atoms with E-state index >= 15 is 0 Å². The van der Waals surface area contributed by atoms with Gasteiger partial charge in [0, 0.05) is 39.8 Å². The van der Waals surface area contributed by atoms with Gasteiger partial charge in [0.1, 0.15) is 0 Å². The Hall–Kier alpha value is -1.08. The molecule has 1 aliphatic heterocycles. The summed E-state index contributed by atoms with van der Waals surface area (Å²) in [4.78, 5) is 11.0. The average molecular weight is 341 g/mol. The minimum atomic E-state index is 0.466. The number of benzene rings is 1. The third-order valence-electron chi connectivity index (χ3n) is 4.37. The second-order valence-electron chi connectivity index (χ2n) is 5.78. The number of halogens is 1. The van der Waals surface area contributed by atoms with Gasteiger partial charge in [-0.2, -0.15) is 0 Å². The Morgan fingerprint density at radius 1 is 1.41 bits per heavy atom. The van der Waals surface area contributed by atoms with E-state index in [0.29, 0.717) is 10.8 Å². The predicted molar refractivity (Wildman–Crippen MR) is 93.6 cm³/mol. The number of H-pyrrole nitrogens is 2. The number of aromatic nitrogens is 2. The van der Waals surface area contributed by atoms with E-state index in [2.05, 4.69) is 32.9 Å². The van der Waals surface area contributed by atoms with Crippen molar-refractivity contribution >= 4 is 40.5 Å². The molecule has 2 heterocycles. The molecule has 2 aromatic rings. The lowest BCUT2D eigenvalue weighted by Gasteiger charge is -2.28. The molecule has 0 radical (unpaired) electrons. The van der Waals surface area contributed by atoms with Gasteiger partial charge in [0.25, 0.3) is 0 Å². The molecule has 7 heteroatoms. The van der Waals surface area contributed by atoms with E-state index in [4.69, 9.17) is 28.6 Å². The summed E-state index contributed by atoms with van der Waals surface area (Å²) < 4.78 is 5.78. The molecular formula is C15H21ClN4OS. The number of nitrogens with one attached hydrogen (secondary N) is 2. The molecule has 120 valence electrons. The average Bonchev–Trinajstić information content (AvgIpc) is 3.09. The van der Waals surface area contributed by atoms with Crippen molar-refractivity contribution in [2.24, 2.45) is 0 Å². The molecule has 1 atom stereocenters. The van der Waals surface area contributed by atoms with Crippen molar-refractivity contribution < 1.29 is 4.74 Å². The van der Waals surface area contributed by atoms with E-state index in [1.807, 2.05) is 6.07 Å². The monoisotopic (exact) mass is 340 g/mol. The van der Waals surface area contributed by atoms with Crippen LogP contribution in [0.4, 0.5) is 5.69 Å². The topological polar surface area (TPSA) is 47.3 Å². The Morgan fingerprint density at radius 3 is 2.86 bits per heavy atom. The van der Waals surface area contributed by atoms with Gasteiger partial charge < -0.3 is 19.6 Å². The molecule has 1 saturated heterocycles. The third-order valence-corrected chi connectivity index (χ3v) is 4.88. The maximum atomic E-state index is 6.46. The zero-order valence-corrected chi connectivity index (χ0v) is 14.4. The van der Waals surface area contributed by atoms with Gasteiger partial charge >= 0.3 is 0 Å². The fraction of sp³-hybridized carbons (Fsp3) is 0.533. The standard InChI is InChI=1S/C15H21ClN4OS/c1-19(10-3-4-20(9-10)5-6-21-2)14-8-13-12(7-11(14)16)17-15(22)18-13/h7-8,10H,3-6,9H2,1-2H3,(H2,17,18,22). The Bertz CT molecular complexity index is 713. The fourth-order valence-corrected chi connectivity index (χ4v) is 3.58. The lowest BCUT2D eigenvalue weighted by atomic mass is 10.2. The van der Waals surface area contributed by atoms with Gasteiger partial charge in [0.2, 0.25) is 0 Å². The van der Waals surface area contributed by atoms with E-state index in [0.717, 1.165) is 54.4 Å². The van der Waals surface area contributed by atoms with Crippen molar-refractivity contribution in [3.05, 3.63) is 21.9 Å². The second-order valence-corrected chi connectivity index (χ2v) is 6.59. The fourth-order valence-electron chi connectivity index (χ4n) is 3.06. The Kier molecular flexibility index (Phi) is 4.73. The summed E-state index contributed by atoms with van der Waals surface area (Å²) in [6, 6.07) is 4.47. The van der Waals surface area contributed by atoms with Gasteiger partial charge in [-0.3, -0.25) is 4.90 Å². The summed E-state index contributed by atoms with van der Waals surface area (Å²) in [6.45, 7) is 3.91. The van der Waals surface area contributed by atoms with Crippen LogP contribution < -0.4 is 4.90 Å². The molecule has 5 nitrogen and oxygen atoms in total. The number of likely N-dealkylation sites (N-methyl/N-ethyl adjacent to an activating group) is 1. The summed E-state index contributed by atoms with van der Waals surface area (Å²) in [5.74, 6) is 0. The van der Waals surface area contributed by atoms with Gasteiger partial charge in [-0.15, -0.1) is 0 Å². The highest BCUT2D eigenvalue weighted by Gasteiger charge is 2.26. The first kappa shape index (κ1) is 15.8. The first-order valence-electron chi connectivity index (χ1n) is 7.44. The lowest BCUT2D eigenvalue weighted by Crippen LogP contribution is -2.35. The number of imidazole rings is 1. The number of likely N-dealkylation sites (tertiary alicyclic amines) is 1. The summed E-state index contributed by atoms with van der Waals surface area (Å²) in [5.41, 5.74) is 2.98. The zero-order chi connectivity index (χ0) is 15.7. The first-order valence-corrected chi connectivity index (χ1v) is 8.23. The smallest absolute Gasteiger partial charge is 0.175 e. The van der Waals surface area contributed by atoms with Crippen LogP contribution in [0.15, 0.2) is 12.1 Å². The van der Waals surface area contributed by atoms with Crippen molar-refractivity contribution in [3.8, 4) is 0 Å². The van der Waals surface area contributed by atoms with Crippen LogP contribution >= 0.6 is 23.8 Å². The number of fused-ring (bicyclic) bond motifs is 1. The minimum Gasteiger partial charge on any atom is -0.383 e. The molecule has 0 spiro atoms. The molecule has 2 N–H and O–H groups in total. The lowest BCUT2D eigenvalue weighted by molar-refractivity contribution is 0.160. The summed E-state index contributed by atoms with van der Waals surface area (Å²) in [5, 5.41) is 0.746. The van der Waals surface area contributed by atoms with Crippen LogP contribution in [0.5, 0.6) is 0 Å². The molecular weight excluding hydrogens is 320 g/mol. The molecule has 1 aliphatic rings. The number of hydrogen-bond acceptors (Lipinski definition) is 4. The molecule has 0 bridgehead atoms. The predicted octanol–water partition coefficient (Wildman–Crippen LogP) is 3.04. The van der Waals surface area contributed by atoms with Gasteiger partial charge in [0.05, 0.1) is 28.4 Å². The molecule has 1 unspecified atom stereocenters. The van der Waals surface area contributed by atoms with Crippen LogP contribution in [0.1, 0.15) is 6.42 Å². The maximum Gasteiger partial charge on any atom is 0.175 e. The Labute approximate surface area is 140 Å². The molecule has 0 saturated carbocycles. The number of methoxy groups -OCH3 is 1. The van der Waals surface area contributed by atoms with Crippen LogP contribution in [0.3, 0.4) is 0 Å². The largest absolute Gasteiger partial charge is 0.383 e. The minimum absolute atomic E-state index is 0.466. The van der Waals surface area contributed by atoms with Gasteiger partial charge in [-0.1, -0.05) is 11.6 Å². The first-order chi connectivity index (χ1) is 10.6. The van der Waals surface area contributed by atoms with Crippen molar-refractivity contribution in [1.29, 1.82) is 0 Å². The highest BCUT2D eigenvalue weighted by molar-refractivity contribution is 7.71. The van der Waals surface area contributed by atoms with Crippen molar-refractivity contribution in [2.45, 2.75) is 12.5 Å². The molecule has 1 aromatic heterocycles. The number of ether oxygens (including phenoxy) is 1. The number of anilines is 1. The number of hydrogen-bond donors (Lipinski definition) is 2. The second kappa shape index (κ2) is 6.58. The molecule has 3 rings (SSSR count). The van der Waals surface area contributed by atoms with Crippen molar-refractivity contribution in [2.75, 3.05) is 45.3 Å². The Morgan fingerprint density at radius 2 is 2.14 bits per heavy atom. The molecule has 0 amide bonds. The summed E-state index contributed by atoms with van der Waals surface area (Å²) >= 11 is 11.6. The van der Waals surface area contributed by atoms with Crippen LogP contribution in [0.25, 0.3) is 11.0 Å².